The summed E-state index contributed by atoms with van der Waals surface area (Å²) in [7, 11) is 0. The van der Waals surface area contributed by atoms with E-state index >= 15 is 0 Å². The summed E-state index contributed by atoms with van der Waals surface area (Å²) in [5, 5.41) is 9.25. The van der Waals surface area contributed by atoms with Crippen molar-refractivity contribution < 1.29 is 19.1 Å². The number of rotatable bonds is 2. The van der Waals surface area contributed by atoms with Crippen molar-refractivity contribution in [3.05, 3.63) is 0 Å². The summed E-state index contributed by atoms with van der Waals surface area (Å²) in [6.07, 6.45) is -0.261. The van der Waals surface area contributed by atoms with E-state index in [0.717, 1.165) is 0 Å². The van der Waals surface area contributed by atoms with E-state index < -0.39 is 23.6 Å². The molecular weight excluding hydrogens is 201 g/mol. The summed E-state index contributed by atoms with van der Waals surface area (Å²) >= 11 is 0. The highest BCUT2D eigenvalue weighted by atomic mass is 19.1. The van der Waals surface area contributed by atoms with E-state index in [2.05, 4.69) is 0 Å². The van der Waals surface area contributed by atoms with Crippen molar-refractivity contribution in [1.82, 2.24) is 4.90 Å². The van der Waals surface area contributed by atoms with Gasteiger partial charge in [-0.05, 0) is 12.8 Å². The van der Waals surface area contributed by atoms with Crippen LogP contribution in [0.4, 0.5) is 4.39 Å². The topological polar surface area (TPSA) is 57.6 Å². The molecule has 0 aliphatic carbocycles. The Morgan fingerprint density at radius 2 is 2.40 bits per heavy atom. The van der Waals surface area contributed by atoms with E-state index in [-0.39, 0.29) is 25.3 Å². The van der Waals surface area contributed by atoms with Crippen LogP contribution in [0.5, 0.6) is 0 Å². The number of hydrogen-bond acceptors (Lipinski definition) is 2. The second-order valence-corrected chi connectivity index (χ2v) is 4.26. The molecule has 1 unspecified atom stereocenters. The van der Waals surface area contributed by atoms with Gasteiger partial charge in [0.15, 0.2) is 0 Å². The zero-order chi connectivity index (χ0) is 11.2. The lowest BCUT2D eigenvalue weighted by Crippen LogP contribution is -2.51. The predicted octanol–water partition coefficient (Wildman–Crippen LogP) is 0.810. The Morgan fingerprint density at radius 3 is 2.93 bits per heavy atom. The van der Waals surface area contributed by atoms with E-state index in [1.54, 1.807) is 6.92 Å². The van der Waals surface area contributed by atoms with Crippen LogP contribution in [0.2, 0.25) is 0 Å². The third-order valence-corrected chi connectivity index (χ3v) is 3.72. The number of alkyl halides is 1. The lowest BCUT2D eigenvalue weighted by molar-refractivity contribution is -0.154. The largest absolute Gasteiger partial charge is 0.479 e. The first-order valence-corrected chi connectivity index (χ1v) is 5.22. The Morgan fingerprint density at radius 1 is 1.73 bits per heavy atom. The number of aliphatic carboxylic acids is 1. The molecule has 2 aliphatic rings. The highest BCUT2D eigenvalue weighted by Crippen LogP contribution is 2.46. The molecule has 2 rings (SSSR count). The van der Waals surface area contributed by atoms with Crippen molar-refractivity contribution >= 4 is 11.9 Å². The average Bonchev–Trinajstić information content (AvgIpc) is 2.63. The highest BCUT2D eigenvalue weighted by Gasteiger charge is 2.63. The molecule has 2 aliphatic heterocycles. The fraction of sp³-hybridized carbons (Fsp3) is 0.800. The summed E-state index contributed by atoms with van der Waals surface area (Å²) in [6.45, 7) is 1.72. The van der Waals surface area contributed by atoms with Crippen molar-refractivity contribution in [2.75, 3.05) is 6.54 Å². The number of carbonyl (C=O) groups excluding carboxylic acids is 1. The van der Waals surface area contributed by atoms with Gasteiger partial charge in [-0.3, -0.25) is 4.79 Å². The summed E-state index contributed by atoms with van der Waals surface area (Å²) in [5.74, 6) is -1.84. The molecule has 5 heteroatoms. The molecule has 0 aromatic heterocycles. The molecule has 2 saturated heterocycles. The van der Waals surface area contributed by atoms with E-state index in [1.165, 1.54) is 4.90 Å². The summed E-state index contributed by atoms with van der Waals surface area (Å²) in [5.41, 5.74) is -1.26. The van der Waals surface area contributed by atoms with E-state index in [0.29, 0.717) is 6.42 Å². The van der Waals surface area contributed by atoms with Crippen LogP contribution in [0.15, 0.2) is 0 Å². The maximum Gasteiger partial charge on any atom is 0.330 e. The zero-order valence-corrected chi connectivity index (χ0v) is 8.57. The molecular formula is C10H14FNO3. The van der Waals surface area contributed by atoms with Gasteiger partial charge in [0, 0.05) is 12.3 Å². The summed E-state index contributed by atoms with van der Waals surface area (Å²) in [6, 6.07) is 0. The van der Waals surface area contributed by atoms with Gasteiger partial charge in [0.2, 0.25) is 5.91 Å². The molecule has 84 valence electrons. The number of fused-ring (bicyclic) bond motifs is 1. The van der Waals surface area contributed by atoms with Crippen molar-refractivity contribution in [3.8, 4) is 0 Å². The van der Waals surface area contributed by atoms with E-state index in [9.17, 15) is 19.1 Å². The normalized spacial score (nSPS) is 39.6. The quantitative estimate of drug-likeness (QED) is 0.741. The van der Waals surface area contributed by atoms with Gasteiger partial charge in [-0.15, -0.1) is 0 Å². The molecule has 0 aromatic rings. The Kier molecular flexibility index (Phi) is 2.20. The molecule has 0 spiro atoms. The monoisotopic (exact) mass is 215 g/mol. The SMILES string of the molecule is CCC1[C@H](F)CN2C(=O)CC[C@]12C(=O)O. The third-order valence-electron chi connectivity index (χ3n) is 3.72. The Bertz CT molecular complexity index is 320. The molecule has 0 bridgehead atoms. The number of hydrogen-bond donors (Lipinski definition) is 1. The predicted molar refractivity (Wildman–Crippen MR) is 50.0 cm³/mol. The van der Waals surface area contributed by atoms with E-state index in [1.807, 2.05) is 0 Å². The molecule has 3 atom stereocenters. The smallest absolute Gasteiger partial charge is 0.330 e. The van der Waals surface area contributed by atoms with Gasteiger partial charge in [0.1, 0.15) is 11.7 Å². The van der Waals surface area contributed by atoms with Crippen molar-refractivity contribution in [3.63, 3.8) is 0 Å². The molecule has 0 saturated carbocycles. The summed E-state index contributed by atoms with van der Waals surface area (Å²) in [4.78, 5) is 24.0. The minimum Gasteiger partial charge on any atom is -0.479 e. The fourth-order valence-corrected chi connectivity index (χ4v) is 3.02. The van der Waals surface area contributed by atoms with Crippen molar-refractivity contribution in [2.45, 2.75) is 37.9 Å². The molecule has 2 fully saturated rings. The van der Waals surface area contributed by atoms with Crippen molar-refractivity contribution in [2.24, 2.45) is 5.92 Å². The van der Waals surface area contributed by atoms with Crippen LogP contribution in [0.3, 0.4) is 0 Å². The van der Waals surface area contributed by atoms with Gasteiger partial charge < -0.3 is 10.0 Å². The van der Waals surface area contributed by atoms with Crippen molar-refractivity contribution in [1.29, 1.82) is 0 Å². The second kappa shape index (κ2) is 3.18. The van der Waals surface area contributed by atoms with Crippen LogP contribution in [-0.4, -0.2) is 40.1 Å². The maximum atomic E-state index is 13.6. The number of nitrogens with zero attached hydrogens (tertiary/aromatic N) is 1. The zero-order valence-electron chi connectivity index (χ0n) is 8.57. The minimum absolute atomic E-state index is 0.0519. The number of amides is 1. The molecule has 15 heavy (non-hydrogen) atoms. The Labute approximate surface area is 87.1 Å². The Hall–Kier alpha value is -1.13. The van der Waals surface area contributed by atoms with Gasteiger partial charge in [0.25, 0.3) is 0 Å². The Balaban J connectivity index is 2.43. The van der Waals surface area contributed by atoms with Gasteiger partial charge in [-0.1, -0.05) is 6.92 Å². The van der Waals surface area contributed by atoms with Gasteiger partial charge >= 0.3 is 5.97 Å². The van der Waals surface area contributed by atoms with Gasteiger partial charge in [-0.25, -0.2) is 9.18 Å². The lowest BCUT2D eigenvalue weighted by Gasteiger charge is -2.31. The van der Waals surface area contributed by atoms with Gasteiger partial charge in [0.05, 0.1) is 6.54 Å². The molecule has 1 amide bonds. The van der Waals surface area contributed by atoms with Crippen LogP contribution in [0.25, 0.3) is 0 Å². The van der Waals surface area contributed by atoms with Gasteiger partial charge in [-0.2, -0.15) is 0 Å². The number of halogens is 1. The molecule has 2 heterocycles. The van der Waals surface area contributed by atoms with Crippen LogP contribution in [0.1, 0.15) is 26.2 Å². The lowest BCUT2D eigenvalue weighted by atomic mass is 9.81. The third kappa shape index (κ3) is 1.12. The number of carbonyl (C=O) groups is 2. The first-order valence-electron chi connectivity index (χ1n) is 5.22. The van der Waals surface area contributed by atoms with Crippen LogP contribution < -0.4 is 0 Å². The summed E-state index contributed by atoms with van der Waals surface area (Å²) < 4.78 is 13.6. The van der Waals surface area contributed by atoms with Crippen LogP contribution >= 0.6 is 0 Å². The second-order valence-electron chi connectivity index (χ2n) is 4.26. The molecule has 0 radical (unpaired) electrons. The fourth-order valence-electron chi connectivity index (χ4n) is 3.02. The maximum absolute atomic E-state index is 13.6. The minimum atomic E-state index is -1.26. The number of carboxylic acid groups (broad SMARTS) is 1. The average molecular weight is 215 g/mol. The first kappa shape index (κ1) is 10.4. The molecule has 0 aromatic carbocycles. The molecule has 1 N–H and O–H groups in total. The molecule has 4 nitrogen and oxygen atoms in total. The highest BCUT2D eigenvalue weighted by molar-refractivity contribution is 5.92. The van der Waals surface area contributed by atoms with Crippen LogP contribution in [0, 0.1) is 5.92 Å². The first-order chi connectivity index (χ1) is 7.04. The van der Waals surface area contributed by atoms with E-state index in [4.69, 9.17) is 0 Å². The van der Waals surface area contributed by atoms with Crippen LogP contribution in [-0.2, 0) is 9.59 Å². The standard InChI is InChI=1S/C10H14FNO3/c1-2-6-7(11)5-12-8(13)3-4-10(6,12)9(14)15/h6-7H,2-5H2,1H3,(H,14,15)/t6?,7-,10-/m1/s1. The number of carboxylic acids is 1.